The van der Waals surface area contributed by atoms with Gasteiger partial charge in [0, 0.05) is 23.7 Å². The molecule has 0 bridgehead atoms. The van der Waals surface area contributed by atoms with Crippen LogP contribution in [-0.4, -0.2) is 41.5 Å². The molecular weight excluding hydrogens is 270 g/mol. The third-order valence-electron chi connectivity index (χ3n) is 3.73. The third kappa shape index (κ3) is 3.77. The third-order valence-corrected chi connectivity index (χ3v) is 3.97. The summed E-state index contributed by atoms with van der Waals surface area (Å²) in [6.07, 6.45) is 2.52. The number of carbonyl (C=O) groups excluding carboxylic acids is 1. The molecule has 3 N–H and O–H groups in total. The number of thiocarbonyl (C=S) groups is 1. The molecule has 1 aliphatic rings. The van der Waals surface area contributed by atoms with Crippen molar-refractivity contribution in [2.75, 3.05) is 19.6 Å². The van der Waals surface area contributed by atoms with Gasteiger partial charge < -0.3 is 11.1 Å². The monoisotopic (exact) mass is 291 g/mol. The topological polar surface area (TPSA) is 58.4 Å². The molecule has 1 aromatic carbocycles. The predicted molar refractivity (Wildman–Crippen MR) is 84.9 cm³/mol. The van der Waals surface area contributed by atoms with Gasteiger partial charge in [-0.05, 0) is 45.0 Å². The molecule has 1 unspecified atom stereocenters. The molecule has 0 aliphatic carbocycles. The van der Waals surface area contributed by atoms with Crippen LogP contribution >= 0.6 is 12.2 Å². The Bertz CT molecular complexity index is 498. The number of likely N-dealkylation sites (tertiary alicyclic amines) is 1. The van der Waals surface area contributed by atoms with Gasteiger partial charge in [0.25, 0.3) is 5.91 Å². The first kappa shape index (κ1) is 14.9. The van der Waals surface area contributed by atoms with Crippen molar-refractivity contribution >= 4 is 23.1 Å². The molecule has 2 rings (SSSR count). The van der Waals surface area contributed by atoms with Crippen LogP contribution in [0.3, 0.4) is 0 Å². The molecule has 108 valence electrons. The van der Waals surface area contributed by atoms with Crippen molar-refractivity contribution in [1.82, 2.24) is 10.2 Å². The molecule has 1 atom stereocenters. The molecular formula is C15H21N3OS. The van der Waals surface area contributed by atoms with Crippen molar-refractivity contribution in [2.45, 2.75) is 25.8 Å². The number of benzene rings is 1. The van der Waals surface area contributed by atoms with Crippen molar-refractivity contribution in [3.05, 3.63) is 35.4 Å². The van der Waals surface area contributed by atoms with E-state index in [0.29, 0.717) is 23.1 Å². The summed E-state index contributed by atoms with van der Waals surface area (Å²) < 4.78 is 0. The van der Waals surface area contributed by atoms with Crippen LogP contribution in [0.15, 0.2) is 24.3 Å². The van der Waals surface area contributed by atoms with Gasteiger partial charge in [-0.2, -0.15) is 0 Å². The lowest BCUT2D eigenvalue weighted by molar-refractivity contribution is 0.0940. The number of hydrogen-bond donors (Lipinski definition) is 2. The molecule has 1 amide bonds. The summed E-state index contributed by atoms with van der Waals surface area (Å²) in [4.78, 5) is 14.8. The standard InChI is InChI=1S/C15H21N3OS/c1-11(18-7-2-3-8-18)10-17-15(19)13-6-4-5-12(9-13)14(16)20/h4-6,9,11H,2-3,7-8,10H2,1H3,(H2,16,20)(H,17,19). The molecule has 0 radical (unpaired) electrons. The molecule has 20 heavy (non-hydrogen) atoms. The number of carbonyl (C=O) groups is 1. The fraction of sp³-hybridized carbons (Fsp3) is 0.467. The molecule has 5 heteroatoms. The second-order valence-corrected chi connectivity index (χ2v) is 5.69. The van der Waals surface area contributed by atoms with E-state index in [-0.39, 0.29) is 5.91 Å². The van der Waals surface area contributed by atoms with Crippen molar-refractivity contribution in [3.8, 4) is 0 Å². The Kier molecular flexibility index (Phi) is 5.09. The molecule has 1 heterocycles. The summed E-state index contributed by atoms with van der Waals surface area (Å²) in [7, 11) is 0. The van der Waals surface area contributed by atoms with Gasteiger partial charge in [-0.25, -0.2) is 0 Å². The van der Waals surface area contributed by atoms with Crippen LogP contribution < -0.4 is 11.1 Å². The number of rotatable bonds is 5. The number of hydrogen-bond acceptors (Lipinski definition) is 3. The normalized spacial score (nSPS) is 16.9. The van der Waals surface area contributed by atoms with Gasteiger partial charge in [-0.1, -0.05) is 24.4 Å². The highest BCUT2D eigenvalue weighted by molar-refractivity contribution is 7.80. The van der Waals surface area contributed by atoms with E-state index in [1.165, 1.54) is 12.8 Å². The maximum atomic E-state index is 12.1. The van der Waals surface area contributed by atoms with Gasteiger partial charge in [-0.3, -0.25) is 9.69 Å². The predicted octanol–water partition coefficient (Wildman–Crippen LogP) is 1.53. The Morgan fingerprint density at radius 3 is 2.70 bits per heavy atom. The first-order valence-corrected chi connectivity index (χ1v) is 7.41. The van der Waals surface area contributed by atoms with E-state index in [9.17, 15) is 4.79 Å². The lowest BCUT2D eigenvalue weighted by Gasteiger charge is -2.23. The minimum Gasteiger partial charge on any atom is -0.389 e. The van der Waals surface area contributed by atoms with Gasteiger partial charge in [0.1, 0.15) is 4.99 Å². The molecule has 1 aromatic rings. The Morgan fingerprint density at radius 2 is 2.05 bits per heavy atom. The first-order chi connectivity index (χ1) is 9.58. The van der Waals surface area contributed by atoms with Crippen LogP contribution in [0.25, 0.3) is 0 Å². The van der Waals surface area contributed by atoms with Crippen LogP contribution in [0.5, 0.6) is 0 Å². The molecule has 1 saturated heterocycles. The smallest absolute Gasteiger partial charge is 0.251 e. The van der Waals surface area contributed by atoms with Crippen molar-refractivity contribution < 1.29 is 4.79 Å². The average Bonchev–Trinajstić information content (AvgIpc) is 2.98. The number of amides is 1. The first-order valence-electron chi connectivity index (χ1n) is 7.00. The van der Waals surface area contributed by atoms with E-state index in [1.54, 1.807) is 18.2 Å². The molecule has 1 aliphatic heterocycles. The highest BCUT2D eigenvalue weighted by atomic mass is 32.1. The van der Waals surface area contributed by atoms with Crippen molar-refractivity contribution in [3.63, 3.8) is 0 Å². The Morgan fingerprint density at radius 1 is 1.40 bits per heavy atom. The number of nitrogens with one attached hydrogen (secondary N) is 1. The summed E-state index contributed by atoms with van der Waals surface area (Å²) in [6.45, 7) is 5.08. The highest BCUT2D eigenvalue weighted by Gasteiger charge is 2.18. The SMILES string of the molecule is CC(CNC(=O)c1cccc(C(N)=S)c1)N1CCCC1. The molecule has 0 spiro atoms. The summed E-state index contributed by atoms with van der Waals surface area (Å²) in [5, 5.41) is 2.98. The zero-order chi connectivity index (χ0) is 14.5. The Labute approximate surface area is 125 Å². The van der Waals surface area contributed by atoms with Crippen LogP contribution in [0.2, 0.25) is 0 Å². The summed E-state index contributed by atoms with van der Waals surface area (Å²) in [5.41, 5.74) is 6.90. The van der Waals surface area contributed by atoms with Crippen LogP contribution in [0.1, 0.15) is 35.7 Å². The zero-order valence-electron chi connectivity index (χ0n) is 11.8. The number of nitrogens with zero attached hydrogens (tertiary/aromatic N) is 1. The maximum Gasteiger partial charge on any atom is 0.251 e. The molecule has 0 saturated carbocycles. The van der Waals surface area contributed by atoms with E-state index < -0.39 is 0 Å². The lowest BCUT2D eigenvalue weighted by atomic mass is 10.1. The van der Waals surface area contributed by atoms with Gasteiger partial charge in [0.2, 0.25) is 0 Å². The Balaban J connectivity index is 1.91. The summed E-state index contributed by atoms with van der Waals surface area (Å²) in [6, 6.07) is 7.50. The van der Waals surface area contributed by atoms with E-state index >= 15 is 0 Å². The summed E-state index contributed by atoms with van der Waals surface area (Å²) in [5.74, 6) is -0.0749. The van der Waals surface area contributed by atoms with Gasteiger partial charge in [0.05, 0.1) is 0 Å². The summed E-state index contributed by atoms with van der Waals surface area (Å²) >= 11 is 4.93. The quantitative estimate of drug-likeness (QED) is 0.808. The second kappa shape index (κ2) is 6.81. The number of nitrogens with two attached hydrogens (primary N) is 1. The molecule has 4 nitrogen and oxygen atoms in total. The molecule has 1 fully saturated rings. The van der Waals surface area contributed by atoms with Crippen molar-refractivity contribution in [2.24, 2.45) is 5.73 Å². The minimum absolute atomic E-state index is 0.0749. The highest BCUT2D eigenvalue weighted by Crippen LogP contribution is 2.11. The van der Waals surface area contributed by atoms with Crippen molar-refractivity contribution in [1.29, 1.82) is 0 Å². The van der Waals surface area contributed by atoms with Crippen LogP contribution in [-0.2, 0) is 0 Å². The van der Waals surface area contributed by atoms with E-state index in [2.05, 4.69) is 17.1 Å². The fourth-order valence-electron chi connectivity index (χ4n) is 2.47. The van der Waals surface area contributed by atoms with Gasteiger partial charge >= 0.3 is 0 Å². The van der Waals surface area contributed by atoms with Crippen LogP contribution in [0.4, 0.5) is 0 Å². The fourth-order valence-corrected chi connectivity index (χ4v) is 2.59. The molecule has 0 aromatic heterocycles. The maximum absolute atomic E-state index is 12.1. The van der Waals surface area contributed by atoms with E-state index in [1.807, 2.05) is 6.07 Å². The largest absolute Gasteiger partial charge is 0.389 e. The Hall–Kier alpha value is -1.46. The average molecular weight is 291 g/mol. The second-order valence-electron chi connectivity index (χ2n) is 5.25. The van der Waals surface area contributed by atoms with E-state index in [4.69, 9.17) is 18.0 Å². The van der Waals surface area contributed by atoms with Crippen LogP contribution in [0, 0.1) is 0 Å². The van der Waals surface area contributed by atoms with Gasteiger partial charge in [-0.15, -0.1) is 0 Å². The van der Waals surface area contributed by atoms with Gasteiger partial charge in [0.15, 0.2) is 0 Å². The minimum atomic E-state index is -0.0749. The lowest BCUT2D eigenvalue weighted by Crippen LogP contribution is -2.40. The van der Waals surface area contributed by atoms with E-state index in [0.717, 1.165) is 18.7 Å². The zero-order valence-corrected chi connectivity index (χ0v) is 12.6.